The number of carbonyl (C=O) groups is 1. The number of hydrogen-bond acceptors (Lipinski definition) is 2. The van der Waals surface area contributed by atoms with E-state index in [0.717, 1.165) is 24.6 Å². The molecule has 1 aromatic rings. The molecular formula is C16H25N3O. The molecule has 1 aromatic heterocycles. The fraction of sp³-hybridized carbons (Fsp3) is 0.750. The first-order chi connectivity index (χ1) is 9.75. The molecule has 2 N–H and O–H groups in total. The van der Waals surface area contributed by atoms with Gasteiger partial charge in [0.25, 0.3) is 0 Å². The number of nitrogens with one attached hydrogen (secondary N) is 2. The van der Waals surface area contributed by atoms with Crippen LogP contribution in [-0.4, -0.2) is 22.4 Å². The van der Waals surface area contributed by atoms with Gasteiger partial charge in [-0.1, -0.05) is 39.0 Å². The zero-order valence-electron chi connectivity index (χ0n) is 12.3. The lowest BCUT2D eigenvalue weighted by molar-refractivity contribution is -0.122. The smallest absolute Gasteiger partial charge is 0.223 e. The monoisotopic (exact) mass is 275 g/mol. The summed E-state index contributed by atoms with van der Waals surface area (Å²) in [6, 6.07) is 0. The Morgan fingerprint density at radius 2 is 2.25 bits per heavy atom. The van der Waals surface area contributed by atoms with Crippen molar-refractivity contribution < 1.29 is 4.79 Å². The van der Waals surface area contributed by atoms with Gasteiger partial charge in [0.15, 0.2) is 0 Å². The lowest BCUT2D eigenvalue weighted by atomic mass is 9.81. The van der Waals surface area contributed by atoms with Crippen LogP contribution in [0.3, 0.4) is 0 Å². The summed E-state index contributed by atoms with van der Waals surface area (Å²) in [6.07, 6.45) is 11.3. The van der Waals surface area contributed by atoms with Crippen molar-refractivity contribution in [1.82, 2.24) is 15.3 Å². The van der Waals surface area contributed by atoms with Gasteiger partial charge in [0, 0.05) is 30.3 Å². The largest absolute Gasteiger partial charge is 0.356 e. The van der Waals surface area contributed by atoms with E-state index in [4.69, 9.17) is 0 Å². The van der Waals surface area contributed by atoms with Crippen molar-refractivity contribution in [3.8, 4) is 0 Å². The van der Waals surface area contributed by atoms with E-state index in [9.17, 15) is 4.79 Å². The van der Waals surface area contributed by atoms with Gasteiger partial charge in [-0.05, 0) is 18.3 Å². The summed E-state index contributed by atoms with van der Waals surface area (Å²) in [5.74, 6) is 2.18. The number of aromatic nitrogens is 2. The molecule has 4 heteroatoms. The number of aromatic amines is 1. The van der Waals surface area contributed by atoms with Gasteiger partial charge in [0.2, 0.25) is 5.91 Å². The number of hydrogen-bond donors (Lipinski definition) is 2. The predicted molar refractivity (Wildman–Crippen MR) is 78.2 cm³/mol. The average molecular weight is 275 g/mol. The minimum Gasteiger partial charge on any atom is -0.356 e. The molecule has 3 atom stereocenters. The summed E-state index contributed by atoms with van der Waals surface area (Å²) in [5, 5.41) is 3.16. The first-order valence-corrected chi connectivity index (χ1v) is 8.01. The molecule has 1 heterocycles. The summed E-state index contributed by atoms with van der Waals surface area (Å²) in [6.45, 7) is 3.13. The van der Waals surface area contributed by atoms with Crippen LogP contribution in [-0.2, 0) is 4.79 Å². The second-order valence-electron chi connectivity index (χ2n) is 6.58. The highest BCUT2D eigenvalue weighted by Gasteiger charge is 2.44. The van der Waals surface area contributed by atoms with Gasteiger partial charge >= 0.3 is 0 Å². The van der Waals surface area contributed by atoms with Crippen LogP contribution < -0.4 is 5.32 Å². The minimum absolute atomic E-state index is 0.161. The van der Waals surface area contributed by atoms with Crippen LogP contribution in [0.25, 0.3) is 0 Å². The van der Waals surface area contributed by atoms with Gasteiger partial charge in [-0.3, -0.25) is 4.79 Å². The minimum atomic E-state index is 0.161. The fourth-order valence-corrected chi connectivity index (χ4v) is 3.56. The third kappa shape index (κ3) is 3.05. The van der Waals surface area contributed by atoms with Crippen LogP contribution in [0, 0.1) is 17.8 Å². The fourth-order valence-electron chi connectivity index (χ4n) is 3.56. The van der Waals surface area contributed by atoms with Crippen molar-refractivity contribution in [2.75, 3.05) is 6.54 Å². The van der Waals surface area contributed by atoms with Crippen molar-refractivity contribution in [3.05, 3.63) is 18.2 Å². The average Bonchev–Trinajstić information content (AvgIpc) is 3.11. The molecule has 4 nitrogen and oxygen atoms in total. The second kappa shape index (κ2) is 5.98. The molecule has 2 fully saturated rings. The van der Waals surface area contributed by atoms with Gasteiger partial charge in [-0.25, -0.2) is 4.98 Å². The van der Waals surface area contributed by atoms with E-state index in [1.54, 1.807) is 6.33 Å². The zero-order chi connectivity index (χ0) is 13.9. The van der Waals surface area contributed by atoms with E-state index in [1.807, 2.05) is 6.20 Å². The highest BCUT2D eigenvalue weighted by molar-refractivity contribution is 5.82. The third-order valence-corrected chi connectivity index (χ3v) is 5.10. The molecular weight excluding hydrogens is 250 g/mol. The van der Waals surface area contributed by atoms with Crippen LogP contribution >= 0.6 is 0 Å². The maximum absolute atomic E-state index is 12.2. The van der Waals surface area contributed by atoms with Crippen molar-refractivity contribution in [2.24, 2.45) is 17.8 Å². The number of carbonyl (C=O) groups excluding carboxylic acids is 1. The predicted octanol–water partition coefficient (Wildman–Crippen LogP) is 2.85. The second-order valence-corrected chi connectivity index (χ2v) is 6.58. The van der Waals surface area contributed by atoms with E-state index in [1.165, 1.54) is 32.1 Å². The quantitative estimate of drug-likeness (QED) is 0.868. The molecule has 1 unspecified atom stereocenters. The van der Waals surface area contributed by atoms with Crippen LogP contribution in [0.1, 0.15) is 57.1 Å². The number of imidazole rings is 1. The molecule has 2 aliphatic rings. The molecule has 2 aliphatic carbocycles. The van der Waals surface area contributed by atoms with Crippen molar-refractivity contribution in [2.45, 2.75) is 51.4 Å². The van der Waals surface area contributed by atoms with Crippen molar-refractivity contribution >= 4 is 5.91 Å². The zero-order valence-corrected chi connectivity index (χ0v) is 12.3. The van der Waals surface area contributed by atoms with E-state index in [2.05, 4.69) is 22.2 Å². The molecule has 2 saturated carbocycles. The summed E-state index contributed by atoms with van der Waals surface area (Å²) >= 11 is 0. The summed E-state index contributed by atoms with van der Waals surface area (Å²) in [4.78, 5) is 19.3. The molecule has 0 radical (unpaired) electrons. The first-order valence-electron chi connectivity index (χ1n) is 8.01. The number of rotatable bonds is 5. The van der Waals surface area contributed by atoms with E-state index >= 15 is 0 Å². The number of amides is 1. The summed E-state index contributed by atoms with van der Waals surface area (Å²) in [5.41, 5.74) is 1.10. The molecule has 110 valence electrons. The van der Waals surface area contributed by atoms with E-state index < -0.39 is 0 Å². The summed E-state index contributed by atoms with van der Waals surface area (Å²) in [7, 11) is 0. The molecule has 0 bridgehead atoms. The molecule has 20 heavy (non-hydrogen) atoms. The Labute approximate surface area is 120 Å². The molecule has 1 amide bonds. The molecule has 0 spiro atoms. The highest BCUT2D eigenvalue weighted by Crippen LogP contribution is 2.46. The summed E-state index contributed by atoms with van der Waals surface area (Å²) < 4.78 is 0. The van der Waals surface area contributed by atoms with Crippen LogP contribution in [0.2, 0.25) is 0 Å². The highest BCUT2D eigenvalue weighted by atomic mass is 16.2. The Morgan fingerprint density at radius 3 is 2.95 bits per heavy atom. The molecule has 0 aromatic carbocycles. The Kier molecular flexibility index (Phi) is 4.08. The SMILES string of the molecule is CC(CNC(=O)[C@@H]1C[C@H]1c1cnc[nH]1)C1CCCCC1. The van der Waals surface area contributed by atoms with E-state index in [-0.39, 0.29) is 11.8 Å². The molecule has 3 rings (SSSR count). The number of H-pyrrole nitrogens is 1. The standard InChI is InChI=1S/C16H25N3O/c1-11(12-5-3-2-4-6-12)8-18-16(20)14-7-13(14)15-9-17-10-19-15/h9-14H,2-8H2,1H3,(H,17,19)(H,18,20)/t11?,13-,14-/m1/s1. The van der Waals surface area contributed by atoms with Gasteiger partial charge in [0.1, 0.15) is 0 Å². The maximum atomic E-state index is 12.2. The van der Waals surface area contributed by atoms with Crippen LogP contribution in [0.15, 0.2) is 12.5 Å². The van der Waals surface area contributed by atoms with Gasteiger partial charge in [-0.2, -0.15) is 0 Å². The Bertz CT molecular complexity index is 437. The Hall–Kier alpha value is -1.32. The lowest BCUT2D eigenvalue weighted by Gasteiger charge is -2.27. The van der Waals surface area contributed by atoms with Crippen LogP contribution in [0.4, 0.5) is 0 Å². The maximum Gasteiger partial charge on any atom is 0.223 e. The molecule has 0 saturated heterocycles. The first kappa shape index (κ1) is 13.7. The molecule has 0 aliphatic heterocycles. The topological polar surface area (TPSA) is 57.8 Å². The van der Waals surface area contributed by atoms with Crippen LogP contribution in [0.5, 0.6) is 0 Å². The lowest BCUT2D eigenvalue weighted by Crippen LogP contribution is -2.33. The number of nitrogens with zero attached hydrogens (tertiary/aromatic N) is 1. The van der Waals surface area contributed by atoms with Gasteiger partial charge in [-0.15, -0.1) is 0 Å². The van der Waals surface area contributed by atoms with Crippen molar-refractivity contribution in [3.63, 3.8) is 0 Å². The van der Waals surface area contributed by atoms with Gasteiger partial charge in [0.05, 0.1) is 6.33 Å². The third-order valence-electron chi connectivity index (χ3n) is 5.10. The normalized spacial score (nSPS) is 28.1. The Morgan fingerprint density at radius 1 is 1.45 bits per heavy atom. The van der Waals surface area contributed by atoms with Gasteiger partial charge < -0.3 is 10.3 Å². The Balaban J connectivity index is 1.41. The van der Waals surface area contributed by atoms with Crippen molar-refractivity contribution in [1.29, 1.82) is 0 Å². The van der Waals surface area contributed by atoms with E-state index in [0.29, 0.717) is 11.8 Å².